The molecule has 2 unspecified atom stereocenters. The van der Waals surface area contributed by atoms with Gasteiger partial charge in [0.25, 0.3) is 5.96 Å². The fourth-order valence-electron chi connectivity index (χ4n) is 3.46. The Balaban J connectivity index is 1.71. The van der Waals surface area contributed by atoms with Crippen molar-refractivity contribution in [1.29, 1.82) is 0 Å². The maximum Gasteiger partial charge on any atom is 0.361 e. The lowest BCUT2D eigenvalue weighted by Crippen LogP contribution is -2.68. The number of thiocarbonyl (C=S) groups is 1. The van der Waals surface area contributed by atoms with E-state index in [0.29, 0.717) is 35.4 Å². The van der Waals surface area contributed by atoms with Gasteiger partial charge in [0, 0.05) is 37.6 Å². The van der Waals surface area contributed by atoms with E-state index >= 15 is 0 Å². The predicted octanol–water partition coefficient (Wildman–Crippen LogP) is 1.30. The zero-order valence-corrected chi connectivity index (χ0v) is 16.9. The molecule has 0 radical (unpaired) electrons. The molecule has 0 amide bonds. The largest absolute Gasteiger partial charge is 0.378 e. The molecule has 0 aliphatic carbocycles. The van der Waals surface area contributed by atoms with Crippen molar-refractivity contribution in [1.82, 2.24) is 20.8 Å². The second-order valence-corrected chi connectivity index (χ2v) is 7.66. The molecule has 8 nitrogen and oxygen atoms in total. The van der Waals surface area contributed by atoms with Crippen molar-refractivity contribution in [3.63, 3.8) is 0 Å². The number of nitrogens with zero attached hydrogens (tertiary/aromatic N) is 5. The van der Waals surface area contributed by atoms with E-state index < -0.39 is 0 Å². The van der Waals surface area contributed by atoms with Crippen LogP contribution in [0.4, 0.5) is 0 Å². The maximum atomic E-state index is 6.06. The van der Waals surface area contributed by atoms with E-state index in [1.807, 2.05) is 31.3 Å². The van der Waals surface area contributed by atoms with Crippen molar-refractivity contribution in [2.75, 3.05) is 33.4 Å². The molecule has 3 aliphatic heterocycles. The maximum absolute atomic E-state index is 6.06. The summed E-state index contributed by atoms with van der Waals surface area (Å²) in [7, 11) is 1.87. The third kappa shape index (κ3) is 3.53. The highest BCUT2D eigenvalue weighted by Gasteiger charge is 2.50. The molecule has 0 saturated carbocycles. The second-order valence-electron chi connectivity index (χ2n) is 6.86. The summed E-state index contributed by atoms with van der Waals surface area (Å²) >= 11 is 11.5. The third-order valence-electron chi connectivity index (χ3n) is 5.04. The Hall–Kier alpha value is -1.78. The Morgan fingerprint density at radius 2 is 1.96 bits per heavy atom. The van der Waals surface area contributed by atoms with Crippen LogP contribution in [0.5, 0.6) is 0 Å². The number of hydrazine groups is 1. The fraction of sp³-hybridized carbons (Fsp3) is 0.471. The zero-order valence-electron chi connectivity index (χ0n) is 15.4. The number of benzene rings is 1. The molecular formula is C17H23ClN7OS+. The molecule has 0 aromatic heterocycles. The van der Waals surface area contributed by atoms with E-state index in [1.54, 1.807) is 5.01 Å². The minimum Gasteiger partial charge on any atom is -0.378 e. The molecule has 4 rings (SSSR count). The average molecular weight is 409 g/mol. The van der Waals surface area contributed by atoms with Crippen LogP contribution >= 0.6 is 23.8 Å². The van der Waals surface area contributed by atoms with E-state index in [0.717, 1.165) is 29.6 Å². The number of hydrogen-bond donors (Lipinski definition) is 2. The van der Waals surface area contributed by atoms with Gasteiger partial charge < -0.3 is 9.64 Å². The SMILES string of the molecule is CC1NN(C)C(=S)N=C2N=C(N3CCOCC3)N[N+]21Cc1ccc(Cl)cc1. The number of morpholine rings is 1. The minimum atomic E-state index is -0.0489. The van der Waals surface area contributed by atoms with Crippen LogP contribution < -0.4 is 10.9 Å². The number of fused-ring (bicyclic) bond motifs is 1. The number of nitrogens with one attached hydrogen (secondary N) is 2. The van der Waals surface area contributed by atoms with Gasteiger partial charge in [-0.1, -0.05) is 23.7 Å². The van der Waals surface area contributed by atoms with Gasteiger partial charge in [-0.25, -0.2) is 0 Å². The first kappa shape index (κ1) is 18.6. The lowest BCUT2D eigenvalue weighted by Gasteiger charge is -2.38. The molecule has 10 heteroatoms. The molecule has 3 aliphatic rings. The van der Waals surface area contributed by atoms with Crippen molar-refractivity contribution in [3.05, 3.63) is 34.9 Å². The van der Waals surface area contributed by atoms with Crippen molar-refractivity contribution in [2.24, 2.45) is 9.98 Å². The van der Waals surface area contributed by atoms with Crippen molar-refractivity contribution >= 4 is 40.9 Å². The van der Waals surface area contributed by atoms with Crippen LogP contribution in [0.1, 0.15) is 12.5 Å². The summed E-state index contributed by atoms with van der Waals surface area (Å²) in [5.74, 6) is 1.47. The van der Waals surface area contributed by atoms with E-state index in [2.05, 4.69) is 27.7 Å². The van der Waals surface area contributed by atoms with E-state index in [9.17, 15) is 0 Å². The van der Waals surface area contributed by atoms with Gasteiger partial charge in [-0.05, 0) is 24.4 Å². The van der Waals surface area contributed by atoms with Crippen LogP contribution in [0, 0.1) is 0 Å². The smallest absolute Gasteiger partial charge is 0.361 e. The van der Waals surface area contributed by atoms with Gasteiger partial charge in [0.15, 0.2) is 6.17 Å². The lowest BCUT2D eigenvalue weighted by molar-refractivity contribution is -0.914. The van der Waals surface area contributed by atoms with Gasteiger partial charge in [0.2, 0.25) is 5.11 Å². The number of ether oxygens (including phenoxy) is 1. The Labute approximate surface area is 169 Å². The van der Waals surface area contributed by atoms with E-state index in [4.69, 9.17) is 33.5 Å². The molecule has 2 N–H and O–H groups in total. The van der Waals surface area contributed by atoms with Crippen molar-refractivity contribution in [3.8, 4) is 0 Å². The van der Waals surface area contributed by atoms with Crippen molar-refractivity contribution in [2.45, 2.75) is 19.6 Å². The van der Waals surface area contributed by atoms with Crippen LogP contribution in [0.15, 0.2) is 34.3 Å². The van der Waals surface area contributed by atoms with Gasteiger partial charge in [-0.3, -0.25) is 5.01 Å². The zero-order chi connectivity index (χ0) is 19.0. The summed E-state index contributed by atoms with van der Waals surface area (Å²) in [6, 6.07) is 7.86. The Kier molecular flexibility index (Phi) is 5.04. The summed E-state index contributed by atoms with van der Waals surface area (Å²) in [4.78, 5) is 11.7. The van der Waals surface area contributed by atoms with Crippen LogP contribution in [-0.4, -0.2) is 71.0 Å². The van der Waals surface area contributed by atoms with Crippen LogP contribution in [0.2, 0.25) is 5.02 Å². The predicted molar refractivity (Wildman–Crippen MR) is 109 cm³/mol. The summed E-state index contributed by atoms with van der Waals surface area (Å²) in [5, 5.41) is 2.94. The van der Waals surface area contributed by atoms with Gasteiger partial charge in [-0.2, -0.15) is 10.9 Å². The topological polar surface area (TPSA) is 64.5 Å². The quantitative estimate of drug-likeness (QED) is 0.568. The molecule has 1 saturated heterocycles. The molecule has 0 spiro atoms. The first-order chi connectivity index (χ1) is 13.0. The number of rotatable bonds is 2. The van der Waals surface area contributed by atoms with E-state index in [1.165, 1.54) is 0 Å². The summed E-state index contributed by atoms with van der Waals surface area (Å²) in [6.45, 7) is 5.73. The summed E-state index contributed by atoms with van der Waals surface area (Å²) < 4.78 is 5.80. The molecule has 1 fully saturated rings. The molecule has 2 atom stereocenters. The highest BCUT2D eigenvalue weighted by atomic mass is 35.5. The molecule has 3 heterocycles. The highest BCUT2D eigenvalue weighted by molar-refractivity contribution is 7.80. The van der Waals surface area contributed by atoms with Gasteiger partial charge >= 0.3 is 5.96 Å². The van der Waals surface area contributed by atoms with Gasteiger partial charge in [0.05, 0.1) is 13.2 Å². The van der Waals surface area contributed by atoms with Crippen molar-refractivity contribution < 1.29 is 9.33 Å². The minimum absolute atomic E-state index is 0.0489. The number of hydrogen-bond acceptors (Lipinski definition) is 6. The lowest BCUT2D eigenvalue weighted by atomic mass is 10.2. The number of aliphatic imine (C=N–C) groups is 2. The van der Waals surface area contributed by atoms with Gasteiger partial charge in [0.1, 0.15) is 6.54 Å². The number of guanidine groups is 2. The first-order valence-electron chi connectivity index (χ1n) is 8.93. The summed E-state index contributed by atoms with van der Waals surface area (Å²) in [6.07, 6.45) is -0.0489. The Morgan fingerprint density at radius 1 is 1.26 bits per heavy atom. The van der Waals surface area contributed by atoms with Crippen LogP contribution in [0.25, 0.3) is 0 Å². The van der Waals surface area contributed by atoms with Crippen LogP contribution in [-0.2, 0) is 11.3 Å². The third-order valence-corrected chi connectivity index (χ3v) is 5.66. The monoisotopic (exact) mass is 408 g/mol. The standard InChI is InChI=1S/C17H22ClN7OS/c1-12-21-23(2)17(27)20-16-19-15(24-7-9-26-10-8-24)22-25(12,16)11-13-3-5-14(18)6-4-13/h3-6,12,21H,7-11H2,1-2H3/p+1. The first-order valence-corrected chi connectivity index (χ1v) is 9.71. The Bertz CT molecular complexity index is 793. The second kappa shape index (κ2) is 7.33. The highest BCUT2D eigenvalue weighted by Crippen LogP contribution is 2.25. The normalized spacial score (nSPS) is 28.3. The number of quaternary nitrogens is 1. The van der Waals surface area contributed by atoms with E-state index in [-0.39, 0.29) is 6.17 Å². The number of halogens is 1. The molecular weight excluding hydrogens is 386 g/mol. The average Bonchev–Trinajstić information content (AvgIpc) is 3.00. The molecule has 1 aromatic rings. The molecule has 0 bridgehead atoms. The van der Waals surface area contributed by atoms with Crippen LogP contribution in [0.3, 0.4) is 0 Å². The fourth-order valence-corrected chi connectivity index (χ4v) is 3.72. The summed E-state index contributed by atoms with van der Waals surface area (Å²) in [5.41, 5.74) is 8.15. The molecule has 27 heavy (non-hydrogen) atoms. The molecule has 144 valence electrons. The van der Waals surface area contributed by atoms with Gasteiger partial charge in [-0.15, -0.1) is 14.6 Å². The molecule has 1 aromatic carbocycles. The Morgan fingerprint density at radius 3 is 2.67 bits per heavy atom.